The van der Waals surface area contributed by atoms with Gasteiger partial charge in [-0.2, -0.15) is 5.26 Å². The van der Waals surface area contributed by atoms with Gasteiger partial charge >= 0.3 is 0 Å². The van der Waals surface area contributed by atoms with Crippen LogP contribution in [-0.2, 0) is 6.54 Å². The summed E-state index contributed by atoms with van der Waals surface area (Å²) in [5, 5.41) is 10.9. The standard InChI is InChI=1S/C22H30N2/c1-4-7-10-15-24-17-21(20-13-8-9-14-22(20)24)19(12-6-3)18(16-23)11-5-2/h8-9,13-14,17H,4-7,10-12,15H2,1-3H3/b19-18-. The zero-order valence-electron chi connectivity index (χ0n) is 15.4. The summed E-state index contributed by atoms with van der Waals surface area (Å²) in [6.45, 7) is 7.64. The Labute approximate surface area is 146 Å². The predicted octanol–water partition coefficient (Wildman–Crippen LogP) is 6.71. The summed E-state index contributed by atoms with van der Waals surface area (Å²) in [6, 6.07) is 11.1. The molecule has 2 aromatic rings. The number of rotatable bonds is 9. The van der Waals surface area contributed by atoms with Crippen LogP contribution in [0.5, 0.6) is 0 Å². The Balaban J connectivity index is 2.55. The largest absolute Gasteiger partial charge is 0.347 e. The third-order valence-electron chi connectivity index (χ3n) is 4.62. The van der Waals surface area contributed by atoms with Gasteiger partial charge < -0.3 is 4.57 Å². The maximum Gasteiger partial charge on any atom is 0.0950 e. The van der Waals surface area contributed by atoms with E-state index in [0.717, 1.165) is 37.8 Å². The molecule has 1 aromatic heterocycles. The molecule has 0 unspecified atom stereocenters. The average molecular weight is 322 g/mol. The van der Waals surface area contributed by atoms with Crippen molar-refractivity contribution in [2.24, 2.45) is 0 Å². The summed E-state index contributed by atoms with van der Waals surface area (Å²) < 4.78 is 2.39. The van der Waals surface area contributed by atoms with Gasteiger partial charge in [0.25, 0.3) is 0 Å². The number of benzene rings is 1. The molecule has 1 aromatic carbocycles. The van der Waals surface area contributed by atoms with E-state index in [1.807, 2.05) is 0 Å². The molecule has 0 aliphatic rings. The first kappa shape index (κ1) is 18.3. The minimum absolute atomic E-state index is 0.876. The van der Waals surface area contributed by atoms with E-state index in [4.69, 9.17) is 0 Å². The molecule has 24 heavy (non-hydrogen) atoms. The number of nitrogens with zero attached hydrogens (tertiary/aromatic N) is 2. The number of para-hydroxylation sites is 1. The molecule has 0 fully saturated rings. The Morgan fingerprint density at radius 1 is 1.00 bits per heavy atom. The van der Waals surface area contributed by atoms with Crippen LogP contribution >= 0.6 is 0 Å². The van der Waals surface area contributed by atoms with Crippen LogP contribution < -0.4 is 0 Å². The highest BCUT2D eigenvalue weighted by Crippen LogP contribution is 2.33. The van der Waals surface area contributed by atoms with Crippen molar-refractivity contribution < 1.29 is 0 Å². The van der Waals surface area contributed by atoms with Gasteiger partial charge in [-0.05, 0) is 30.9 Å². The van der Waals surface area contributed by atoms with E-state index >= 15 is 0 Å². The van der Waals surface area contributed by atoms with Crippen LogP contribution in [0.1, 0.15) is 71.3 Å². The number of hydrogen-bond donors (Lipinski definition) is 0. The summed E-state index contributed by atoms with van der Waals surface area (Å²) in [5.74, 6) is 0. The monoisotopic (exact) mass is 322 g/mol. The zero-order chi connectivity index (χ0) is 17.4. The molecule has 1 heterocycles. The van der Waals surface area contributed by atoms with E-state index in [1.165, 1.54) is 41.3 Å². The van der Waals surface area contributed by atoms with Gasteiger partial charge in [0, 0.05) is 34.8 Å². The fourth-order valence-corrected chi connectivity index (χ4v) is 3.43. The summed E-state index contributed by atoms with van der Waals surface area (Å²) in [5.41, 5.74) is 4.79. The van der Waals surface area contributed by atoms with Gasteiger partial charge in [-0.15, -0.1) is 0 Å². The van der Waals surface area contributed by atoms with E-state index in [0.29, 0.717) is 0 Å². The Kier molecular flexibility index (Phi) is 7.12. The fraction of sp³-hybridized carbons (Fsp3) is 0.500. The first-order valence-corrected chi connectivity index (χ1v) is 9.47. The molecule has 2 heteroatoms. The average Bonchev–Trinajstić information content (AvgIpc) is 2.97. The molecule has 0 radical (unpaired) electrons. The third kappa shape index (κ3) is 4.09. The van der Waals surface area contributed by atoms with Crippen LogP contribution in [0.2, 0.25) is 0 Å². The molecule has 128 valence electrons. The van der Waals surface area contributed by atoms with Crippen molar-refractivity contribution in [3.8, 4) is 6.07 Å². The molecule has 0 bridgehead atoms. The van der Waals surface area contributed by atoms with Crippen LogP contribution in [0.3, 0.4) is 0 Å². The molecular formula is C22H30N2. The maximum absolute atomic E-state index is 9.65. The number of nitriles is 1. The van der Waals surface area contributed by atoms with Crippen LogP contribution in [0.25, 0.3) is 16.5 Å². The third-order valence-corrected chi connectivity index (χ3v) is 4.62. The summed E-state index contributed by atoms with van der Waals surface area (Å²) >= 11 is 0. The van der Waals surface area contributed by atoms with E-state index in [1.54, 1.807) is 0 Å². The lowest BCUT2D eigenvalue weighted by molar-refractivity contribution is 0.616. The van der Waals surface area contributed by atoms with Gasteiger partial charge in [0.2, 0.25) is 0 Å². The lowest BCUT2D eigenvalue weighted by atomic mass is 9.94. The van der Waals surface area contributed by atoms with Crippen molar-refractivity contribution in [2.75, 3.05) is 0 Å². The number of aryl methyl sites for hydroxylation is 1. The van der Waals surface area contributed by atoms with Gasteiger partial charge in [0.05, 0.1) is 6.07 Å². The Bertz CT molecular complexity index is 728. The Morgan fingerprint density at radius 3 is 2.42 bits per heavy atom. The lowest BCUT2D eigenvalue weighted by Gasteiger charge is -2.09. The smallest absolute Gasteiger partial charge is 0.0950 e. The second-order valence-corrected chi connectivity index (χ2v) is 6.53. The Morgan fingerprint density at radius 2 is 1.75 bits per heavy atom. The number of hydrogen-bond acceptors (Lipinski definition) is 1. The lowest BCUT2D eigenvalue weighted by Crippen LogP contribution is -1.96. The Hall–Kier alpha value is -2.01. The van der Waals surface area contributed by atoms with E-state index < -0.39 is 0 Å². The topological polar surface area (TPSA) is 28.7 Å². The number of aromatic nitrogens is 1. The van der Waals surface area contributed by atoms with Crippen molar-refractivity contribution in [3.05, 3.63) is 41.6 Å². The van der Waals surface area contributed by atoms with Crippen molar-refractivity contribution in [1.82, 2.24) is 4.57 Å². The number of allylic oxidation sites excluding steroid dienone is 2. The molecular weight excluding hydrogens is 292 g/mol. The van der Waals surface area contributed by atoms with Crippen molar-refractivity contribution in [1.29, 1.82) is 5.26 Å². The first-order valence-electron chi connectivity index (χ1n) is 9.47. The molecule has 0 saturated heterocycles. The van der Waals surface area contributed by atoms with Gasteiger partial charge in [0.1, 0.15) is 0 Å². The van der Waals surface area contributed by atoms with Crippen LogP contribution in [-0.4, -0.2) is 4.57 Å². The minimum Gasteiger partial charge on any atom is -0.347 e. The van der Waals surface area contributed by atoms with Gasteiger partial charge in [-0.1, -0.05) is 64.7 Å². The summed E-state index contributed by atoms with van der Waals surface area (Å²) in [6.07, 6.45) is 9.94. The molecule has 0 spiro atoms. The molecule has 2 nitrogen and oxygen atoms in total. The normalized spacial score (nSPS) is 12.2. The maximum atomic E-state index is 9.65. The van der Waals surface area contributed by atoms with Gasteiger partial charge in [-0.25, -0.2) is 0 Å². The van der Waals surface area contributed by atoms with Crippen LogP contribution in [0, 0.1) is 11.3 Å². The highest BCUT2D eigenvalue weighted by Gasteiger charge is 2.15. The number of fused-ring (bicyclic) bond motifs is 1. The zero-order valence-corrected chi connectivity index (χ0v) is 15.4. The predicted molar refractivity (Wildman–Crippen MR) is 104 cm³/mol. The fourth-order valence-electron chi connectivity index (χ4n) is 3.43. The second kappa shape index (κ2) is 9.33. The molecule has 0 aliphatic heterocycles. The van der Waals surface area contributed by atoms with E-state index in [-0.39, 0.29) is 0 Å². The first-order chi connectivity index (χ1) is 11.8. The molecule has 0 N–H and O–H groups in total. The quantitative estimate of drug-likeness (QED) is 0.372. The molecule has 0 aliphatic carbocycles. The van der Waals surface area contributed by atoms with E-state index in [2.05, 4.69) is 61.9 Å². The van der Waals surface area contributed by atoms with Crippen LogP contribution in [0.15, 0.2) is 36.0 Å². The minimum atomic E-state index is 0.876. The van der Waals surface area contributed by atoms with Gasteiger partial charge in [0.15, 0.2) is 0 Å². The second-order valence-electron chi connectivity index (χ2n) is 6.53. The van der Waals surface area contributed by atoms with Crippen molar-refractivity contribution in [3.63, 3.8) is 0 Å². The molecule has 0 amide bonds. The van der Waals surface area contributed by atoms with Gasteiger partial charge in [-0.3, -0.25) is 0 Å². The molecule has 2 rings (SSSR count). The number of unbranched alkanes of at least 4 members (excludes halogenated alkanes) is 2. The molecule has 0 atom stereocenters. The summed E-state index contributed by atoms with van der Waals surface area (Å²) in [4.78, 5) is 0. The van der Waals surface area contributed by atoms with Crippen LogP contribution in [0.4, 0.5) is 0 Å². The summed E-state index contributed by atoms with van der Waals surface area (Å²) in [7, 11) is 0. The SMILES string of the molecule is CCCCCn1cc(/C(CCC)=C(\C#N)CCC)c2ccccc21. The molecule has 0 saturated carbocycles. The highest BCUT2D eigenvalue weighted by atomic mass is 15.0. The van der Waals surface area contributed by atoms with Crippen molar-refractivity contribution in [2.45, 2.75) is 72.3 Å². The highest BCUT2D eigenvalue weighted by molar-refractivity contribution is 5.94. The van der Waals surface area contributed by atoms with Crippen molar-refractivity contribution >= 4 is 16.5 Å². The van der Waals surface area contributed by atoms with E-state index in [9.17, 15) is 5.26 Å².